The highest BCUT2D eigenvalue weighted by atomic mass is 16.2. The Hall–Kier alpha value is -2.73. The third-order valence-electron chi connectivity index (χ3n) is 3.39. The van der Waals surface area contributed by atoms with Gasteiger partial charge in [-0.1, -0.05) is 42.3 Å². The summed E-state index contributed by atoms with van der Waals surface area (Å²) in [5.74, 6) is 2.54. The third kappa shape index (κ3) is 2.02. The second-order valence-electron chi connectivity index (χ2n) is 4.63. The minimum Gasteiger partial charge on any atom is -0.370 e. The molecule has 1 atom stereocenters. The van der Waals surface area contributed by atoms with Crippen LogP contribution in [0.5, 0.6) is 0 Å². The predicted octanol–water partition coefficient (Wildman–Crippen LogP) is 2.82. The molecule has 3 heteroatoms. The third-order valence-corrected chi connectivity index (χ3v) is 3.39. The number of nitrogens with one attached hydrogen (secondary N) is 1. The molecule has 1 aliphatic heterocycles. The van der Waals surface area contributed by atoms with Crippen molar-refractivity contribution >= 4 is 17.3 Å². The fraction of sp³-hybridized carbons (Fsp3) is 0.118. The minimum atomic E-state index is -0.373. The van der Waals surface area contributed by atoms with Crippen LogP contribution in [0.2, 0.25) is 0 Å². The van der Waals surface area contributed by atoms with Crippen molar-refractivity contribution in [2.24, 2.45) is 0 Å². The van der Waals surface area contributed by atoms with E-state index in [0.717, 1.165) is 16.9 Å². The molecule has 0 spiro atoms. The molecule has 1 N–H and O–H groups in total. The summed E-state index contributed by atoms with van der Waals surface area (Å²) < 4.78 is 0. The van der Waals surface area contributed by atoms with Gasteiger partial charge in [-0.3, -0.25) is 9.69 Å². The summed E-state index contributed by atoms with van der Waals surface area (Å²) in [4.78, 5) is 14.2. The maximum absolute atomic E-state index is 12.5. The maximum Gasteiger partial charge on any atom is 0.255 e. The number of para-hydroxylation sites is 2. The Kier molecular flexibility index (Phi) is 3.14. The Balaban J connectivity index is 1.96. The molecule has 98 valence electrons. The lowest BCUT2D eigenvalue weighted by atomic mass is 10.1. The van der Waals surface area contributed by atoms with E-state index in [1.165, 1.54) is 0 Å². The summed E-state index contributed by atoms with van der Waals surface area (Å²) in [6.07, 6.45) is 5.36. The summed E-state index contributed by atoms with van der Waals surface area (Å²) >= 11 is 0. The van der Waals surface area contributed by atoms with Crippen molar-refractivity contribution in [2.75, 3.05) is 16.8 Å². The molecule has 0 saturated carbocycles. The van der Waals surface area contributed by atoms with Crippen LogP contribution >= 0.6 is 0 Å². The van der Waals surface area contributed by atoms with E-state index in [9.17, 15) is 4.79 Å². The first-order valence-corrected chi connectivity index (χ1v) is 6.46. The maximum atomic E-state index is 12.5. The van der Waals surface area contributed by atoms with Gasteiger partial charge in [0, 0.05) is 11.3 Å². The molecule has 0 radical (unpaired) electrons. The smallest absolute Gasteiger partial charge is 0.255 e. The van der Waals surface area contributed by atoms with Gasteiger partial charge in [0.15, 0.2) is 0 Å². The lowest BCUT2D eigenvalue weighted by Crippen LogP contribution is -2.31. The Morgan fingerprint density at radius 2 is 1.80 bits per heavy atom. The van der Waals surface area contributed by atoms with Crippen LogP contribution in [0, 0.1) is 12.3 Å². The molecule has 3 nitrogen and oxygen atoms in total. The second kappa shape index (κ2) is 5.10. The van der Waals surface area contributed by atoms with Crippen LogP contribution < -0.4 is 10.2 Å². The Morgan fingerprint density at radius 1 is 1.10 bits per heavy atom. The predicted molar refractivity (Wildman–Crippen MR) is 80.4 cm³/mol. The van der Waals surface area contributed by atoms with Gasteiger partial charge in [-0.25, -0.2) is 0 Å². The van der Waals surface area contributed by atoms with Crippen LogP contribution in [0.4, 0.5) is 11.4 Å². The first kappa shape index (κ1) is 12.3. The number of terminal acetylenes is 1. The molecule has 2 aromatic rings. The molecule has 0 fully saturated rings. The number of anilines is 2. The number of carbonyl (C=O) groups is 1. The van der Waals surface area contributed by atoms with Crippen LogP contribution in [-0.4, -0.2) is 12.5 Å². The van der Waals surface area contributed by atoms with Gasteiger partial charge in [0.1, 0.15) is 6.04 Å². The summed E-state index contributed by atoms with van der Waals surface area (Å²) in [7, 11) is 0. The monoisotopic (exact) mass is 262 g/mol. The van der Waals surface area contributed by atoms with E-state index in [1.54, 1.807) is 4.90 Å². The number of fused-ring (bicyclic) bond motifs is 1. The molecular weight excluding hydrogens is 248 g/mol. The van der Waals surface area contributed by atoms with Gasteiger partial charge < -0.3 is 5.32 Å². The zero-order chi connectivity index (χ0) is 13.9. The van der Waals surface area contributed by atoms with Gasteiger partial charge in [0.05, 0.1) is 12.2 Å². The molecule has 1 aliphatic rings. The molecule has 0 aliphatic carbocycles. The fourth-order valence-corrected chi connectivity index (χ4v) is 2.48. The Bertz CT molecular complexity index is 673. The van der Waals surface area contributed by atoms with E-state index in [-0.39, 0.29) is 11.9 Å². The van der Waals surface area contributed by atoms with Crippen molar-refractivity contribution in [3.05, 3.63) is 60.2 Å². The topological polar surface area (TPSA) is 32.3 Å². The van der Waals surface area contributed by atoms with E-state index < -0.39 is 0 Å². The SMILES string of the molecule is C#CCN1C(=O)[C@@H](Nc2ccccc2)c2ccccc21. The fourth-order valence-electron chi connectivity index (χ4n) is 2.48. The van der Waals surface area contributed by atoms with Gasteiger partial charge in [-0.15, -0.1) is 6.42 Å². The van der Waals surface area contributed by atoms with Crippen molar-refractivity contribution < 1.29 is 4.79 Å². The molecule has 0 unspecified atom stereocenters. The van der Waals surface area contributed by atoms with Crippen molar-refractivity contribution in [1.82, 2.24) is 0 Å². The van der Waals surface area contributed by atoms with Gasteiger partial charge in [0.25, 0.3) is 5.91 Å². The average Bonchev–Trinajstić information content (AvgIpc) is 2.75. The highest BCUT2D eigenvalue weighted by Crippen LogP contribution is 2.37. The number of carbonyl (C=O) groups excluding carboxylic acids is 1. The second-order valence-corrected chi connectivity index (χ2v) is 4.63. The first-order chi connectivity index (χ1) is 9.81. The molecule has 0 saturated heterocycles. The molecule has 0 aromatic heterocycles. The zero-order valence-electron chi connectivity index (χ0n) is 10.9. The number of hydrogen-bond donors (Lipinski definition) is 1. The van der Waals surface area contributed by atoms with Gasteiger partial charge >= 0.3 is 0 Å². The zero-order valence-corrected chi connectivity index (χ0v) is 10.9. The highest BCUT2D eigenvalue weighted by molar-refractivity contribution is 6.06. The average molecular weight is 262 g/mol. The number of hydrogen-bond acceptors (Lipinski definition) is 2. The highest BCUT2D eigenvalue weighted by Gasteiger charge is 2.36. The van der Waals surface area contributed by atoms with E-state index in [0.29, 0.717) is 6.54 Å². The van der Waals surface area contributed by atoms with Crippen LogP contribution in [0.3, 0.4) is 0 Å². The number of amides is 1. The molecule has 3 rings (SSSR count). The summed E-state index contributed by atoms with van der Waals surface area (Å²) in [5, 5.41) is 3.28. The molecule has 20 heavy (non-hydrogen) atoms. The Morgan fingerprint density at radius 3 is 2.55 bits per heavy atom. The molecule has 1 amide bonds. The minimum absolute atomic E-state index is 0.00648. The summed E-state index contributed by atoms with van der Waals surface area (Å²) in [5.41, 5.74) is 2.78. The van der Waals surface area contributed by atoms with E-state index >= 15 is 0 Å². The summed E-state index contributed by atoms with van der Waals surface area (Å²) in [6.45, 7) is 0.294. The van der Waals surface area contributed by atoms with Crippen molar-refractivity contribution in [3.8, 4) is 12.3 Å². The molecular formula is C17H14N2O. The van der Waals surface area contributed by atoms with Crippen LogP contribution in [-0.2, 0) is 4.79 Å². The van der Waals surface area contributed by atoms with E-state index in [1.807, 2.05) is 54.6 Å². The lowest BCUT2D eigenvalue weighted by molar-refractivity contribution is -0.118. The van der Waals surface area contributed by atoms with Crippen molar-refractivity contribution in [1.29, 1.82) is 0 Å². The van der Waals surface area contributed by atoms with E-state index in [4.69, 9.17) is 6.42 Å². The van der Waals surface area contributed by atoms with Gasteiger partial charge in [-0.2, -0.15) is 0 Å². The quantitative estimate of drug-likeness (QED) is 0.863. The largest absolute Gasteiger partial charge is 0.370 e. The van der Waals surface area contributed by atoms with E-state index in [2.05, 4.69) is 11.2 Å². The molecule has 2 aromatic carbocycles. The number of rotatable bonds is 3. The van der Waals surface area contributed by atoms with Gasteiger partial charge in [-0.05, 0) is 18.2 Å². The van der Waals surface area contributed by atoms with Crippen molar-refractivity contribution in [3.63, 3.8) is 0 Å². The standard InChI is InChI=1S/C17H14N2O/c1-2-12-19-15-11-7-6-10-14(15)16(17(19)20)18-13-8-4-3-5-9-13/h1,3-11,16,18H,12H2/t16-/m0/s1. The van der Waals surface area contributed by atoms with Crippen LogP contribution in [0.1, 0.15) is 11.6 Å². The summed E-state index contributed by atoms with van der Waals surface area (Å²) in [6, 6.07) is 17.1. The van der Waals surface area contributed by atoms with Crippen LogP contribution in [0.15, 0.2) is 54.6 Å². The lowest BCUT2D eigenvalue weighted by Gasteiger charge is -2.15. The number of benzene rings is 2. The normalized spacial score (nSPS) is 16.6. The number of nitrogens with zero attached hydrogens (tertiary/aromatic N) is 1. The molecule has 0 bridgehead atoms. The molecule has 1 heterocycles. The van der Waals surface area contributed by atoms with Crippen molar-refractivity contribution in [2.45, 2.75) is 6.04 Å². The first-order valence-electron chi connectivity index (χ1n) is 6.46. The Labute approximate surface area is 118 Å². The van der Waals surface area contributed by atoms with Gasteiger partial charge in [0.2, 0.25) is 0 Å². The van der Waals surface area contributed by atoms with Crippen LogP contribution in [0.25, 0.3) is 0 Å².